The van der Waals surface area contributed by atoms with Gasteiger partial charge in [0.05, 0.1) is 10.6 Å². The Morgan fingerprint density at radius 2 is 2.17 bits per heavy atom. The summed E-state index contributed by atoms with van der Waals surface area (Å²) in [7, 11) is 1.40. The van der Waals surface area contributed by atoms with Crippen molar-refractivity contribution in [2.75, 3.05) is 0 Å². The van der Waals surface area contributed by atoms with Crippen LogP contribution in [0.3, 0.4) is 0 Å². The first-order valence-corrected chi connectivity index (χ1v) is 7.95. The average Bonchev–Trinajstić information content (AvgIpc) is 3.04. The normalized spacial score (nSPS) is 11.7. The highest BCUT2D eigenvalue weighted by Gasteiger charge is 2.26. The van der Waals surface area contributed by atoms with Crippen molar-refractivity contribution in [3.63, 3.8) is 0 Å². The number of rotatable bonds is 4. The number of fused-ring (bicyclic) bond motifs is 1. The molecule has 0 atom stereocenters. The van der Waals surface area contributed by atoms with Gasteiger partial charge in [0.25, 0.3) is 0 Å². The van der Waals surface area contributed by atoms with Gasteiger partial charge in [-0.3, -0.25) is 0 Å². The maximum Gasteiger partial charge on any atom is 0.388 e. The second-order valence-electron chi connectivity index (χ2n) is 4.82. The zero-order valence-electron chi connectivity index (χ0n) is 12.4. The molecule has 1 aromatic carbocycles. The van der Waals surface area contributed by atoms with Crippen LogP contribution in [0.4, 0.5) is 13.2 Å². The number of alkyl halides is 2. The fourth-order valence-electron chi connectivity index (χ4n) is 2.28. The van der Waals surface area contributed by atoms with Crippen molar-refractivity contribution in [3.8, 4) is 17.1 Å². The lowest BCUT2D eigenvalue weighted by molar-refractivity contribution is -0.0558. The summed E-state index contributed by atoms with van der Waals surface area (Å²) in [6.45, 7) is -1.23. The predicted octanol–water partition coefficient (Wildman–Crippen LogP) is 4.95. The molecule has 0 aliphatic carbocycles. The van der Waals surface area contributed by atoms with E-state index in [9.17, 15) is 13.2 Å². The van der Waals surface area contributed by atoms with Crippen molar-refractivity contribution in [1.82, 2.24) is 14.8 Å². The van der Waals surface area contributed by atoms with E-state index >= 15 is 0 Å². The largest absolute Gasteiger partial charge is 0.440 e. The highest BCUT2D eigenvalue weighted by atomic mass is 79.9. The third-order valence-electron chi connectivity index (χ3n) is 3.30. The van der Waals surface area contributed by atoms with Crippen molar-refractivity contribution in [1.29, 1.82) is 0 Å². The van der Waals surface area contributed by atoms with Gasteiger partial charge < -0.3 is 9.15 Å². The number of oxazole rings is 1. The van der Waals surface area contributed by atoms with Gasteiger partial charge in [-0.15, -0.1) is 0 Å². The minimum absolute atomic E-state index is 0.0341. The molecule has 0 amide bonds. The number of hydrogen-bond donors (Lipinski definition) is 0. The van der Waals surface area contributed by atoms with Gasteiger partial charge in [-0.25, -0.2) is 14.1 Å². The van der Waals surface area contributed by atoms with Crippen molar-refractivity contribution in [2.45, 2.75) is 20.0 Å². The van der Waals surface area contributed by atoms with E-state index in [2.05, 4.69) is 30.7 Å². The van der Waals surface area contributed by atoms with Crippen LogP contribution in [0.1, 0.15) is 12.8 Å². The molecule has 0 aliphatic rings. The zero-order valence-corrected chi connectivity index (χ0v) is 14.8. The van der Waals surface area contributed by atoms with Crippen LogP contribution in [0.5, 0.6) is 5.88 Å². The molecule has 0 aliphatic heterocycles. The fraction of sp³-hybridized carbons (Fsp3) is 0.286. The number of nitrogens with zero attached hydrogens (tertiary/aromatic N) is 3. The first-order valence-electron chi connectivity index (χ1n) is 6.78. The van der Waals surface area contributed by atoms with Crippen molar-refractivity contribution < 1.29 is 22.3 Å². The van der Waals surface area contributed by atoms with Crippen molar-refractivity contribution in [2.24, 2.45) is 7.05 Å². The molecule has 0 fully saturated rings. The SMILES string of the molecule is CCc1nc2c(Cl)cc(F)c(-c3nn(C)c(OC(F)F)c3Br)c2o1. The number of halogens is 5. The Hall–Kier alpha value is -1.74. The van der Waals surface area contributed by atoms with Crippen LogP contribution in [0, 0.1) is 5.82 Å². The molecule has 0 spiro atoms. The standard InChI is InChI=1S/C14H10BrClF3N3O2/c1-3-7-20-10-5(16)4-6(17)8(12(10)23-7)11-9(15)13(22(2)21-11)24-14(18)19/h4,14H,3H2,1-2H3. The third kappa shape index (κ3) is 2.75. The minimum Gasteiger partial charge on any atom is -0.440 e. The molecular formula is C14H10BrClF3N3O2. The lowest BCUT2D eigenvalue weighted by Crippen LogP contribution is -2.06. The van der Waals surface area contributed by atoms with Gasteiger partial charge in [0, 0.05) is 13.5 Å². The molecule has 0 saturated heterocycles. The predicted molar refractivity (Wildman–Crippen MR) is 84.9 cm³/mol. The monoisotopic (exact) mass is 423 g/mol. The van der Waals surface area contributed by atoms with Crippen molar-refractivity contribution >= 4 is 38.6 Å². The summed E-state index contributed by atoms with van der Waals surface area (Å²) in [5.41, 5.74) is 0.386. The van der Waals surface area contributed by atoms with Crippen LogP contribution in [0.25, 0.3) is 22.4 Å². The van der Waals surface area contributed by atoms with Crippen molar-refractivity contribution in [3.05, 3.63) is 27.3 Å². The van der Waals surface area contributed by atoms with E-state index in [1.165, 1.54) is 7.05 Å². The van der Waals surface area contributed by atoms with Crippen LogP contribution < -0.4 is 4.74 Å². The summed E-state index contributed by atoms with van der Waals surface area (Å²) in [6.07, 6.45) is 0.481. The Morgan fingerprint density at radius 3 is 2.79 bits per heavy atom. The van der Waals surface area contributed by atoms with Crippen LogP contribution in [-0.4, -0.2) is 21.4 Å². The van der Waals surface area contributed by atoms with Crippen LogP contribution in [-0.2, 0) is 13.5 Å². The quantitative estimate of drug-likeness (QED) is 0.595. The number of benzene rings is 1. The third-order valence-corrected chi connectivity index (χ3v) is 4.30. The summed E-state index contributed by atoms with van der Waals surface area (Å²) in [4.78, 5) is 4.20. The van der Waals surface area contributed by atoms with Gasteiger partial charge in [0.1, 0.15) is 21.5 Å². The summed E-state index contributed by atoms with van der Waals surface area (Å²) in [6, 6.07) is 1.08. The van der Waals surface area contributed by atoms with E-state index < -0.39 is 12.4 Å². The molecule has 128 valence electrons. The Bertz CT molecular complexity index is 926. The number of hydrogen-bond acceptors (Lipinski definition) is 4. The number of aromatic nitrogens is 3. The minimum atomic E-state index is -3.04. The molecule has 5 nitrogen and oxygen atoms in total. The van der Waals surface area contributed by atoms with Crippen LogP contribution in [0.2, 0.25) is 5.02 Å². The Morgan fingerprint density at radius 1 is 1.46 bits per heavy atom. The molecule has 0 bridgehead atoms. The summed E-state index contributed by atoms with van der Waals surface area (Å²) < 4.78 is 50.7. The Balaban J connectivity index is 2.29. The van der Waals surface area contributed by atoms with E-state index in [-0.39, 0.29) is 37.7 Å². The molecule has 0 radical (unpaired) electrons. The van der Waals surface area contributed by atoms with E-state index in [0.29, 0.717) is 12.3 Å². The smallest absolute Gasteiger partial charge is 0.388 e. The molecule has 0 saturated carbocycles. The highest BCUT2D eigenvalue weighted by molar-refractivity contribution is 9.10. The van der Waals surface area contributed by atoms with E-state index in [4.69, 9.17) is 16.0 Å². The summed E-state index contributed by atoms with van der Waals surface area (Å²) >= 11 is 9.14. The molecule has 3 rings (SSSR count). The summed E-state index contributed by atoms with van der Waals surface area (Å²) in [5.74, 6) is -0.582. The second kappa shape index (κ2) is 6.29. The van der Waals surface area contributed by atoms with E-state index in [1.807, 2.05) is 6.92 Å². The first kappa shape index (κ1) is 17.1. The fourth-order valence-corrected chi connectivity index (χ4v) is 3.13. The van der Waals surface area contributed by atoms with Gasteiger partial charge in [-0.2, -0.15) is 13.9 Å². The van der Waals surface area contributed by atoms with Gasteiger partial charge in [-0.05, 0) is 22.0 Å². The maximum absolute atomic E-state index is 14.5. The molecule has 24 heavy (non-hydrogen) atoms. The lowest BCUT2D eigenvalue weighted by atomic mass is 10.1. The molecule has 2 heterocycles. The number of ether oxygens (including phenoxy) is 1. The topological polar surface area (TPSA) is 53.1 Å². The first-order chi connectivity index (χ1) is 11.3. The van der Waals surface area contributed by atoms with Gasteiger partial charge in [0.15, 0.2) is 11.5 Å². The highest BCUT2D eigenvalue weighted by Crippen LogP contribution is 2.42. The average molecular weight is 425 g/mol. The van der Waals surface area contributed by atoms with Gasteiger partial charge in [0.2, 0.25) is 5.88 Å². The molecule has 0 N–H and O–H groups in total. The van der Waals surface area contributed by atoms with E-state index in [1.54, 1.807) is 0 Å². The Labute approximate surface area is 147 Å². The summed E-state index contributed by atoms with van der Waals surface area (Å²) in [5, 5.41) is 4.14. The van der Waals surface area contributed by atoms with Crippen LogP contribution in [0.15, 0.2) is 15.0 Å². The second-order valence-corrected chi connectivity index (χ2v) is 6.02. The molecule has 0 unspecified atom stereocenters. The molecule has 10 heteroatoms. The van der Waals surface area contributed by atoms with Crippen LogP contribution >= 0.6 is 27.5 Å². The molecular weight excluding hydrogens is 415 g/mol. The van der Waals surface area contributed by atoms with Gasteiger partial charge in [-0.1, -0.05) is 18.5 Å². The zero-order chi connectivity index (χ0) is 17.6. The Kier molecular flexibility index (Phi) is 4.48. The van der Waals surface area contributed by atoms with Gasteiger partial charge >= 0.3 is 6.61 Å². The molecule has 3 aromatic rings. The number of aryl methyl sites for hydroxylation is 2. The van der Waals surface area contributed by atoms with E-state index in [0.717, 1.165) is 10.7 Å². The molecule has 2 aromatic heterocycles. The lowest BCUT2D eigenvalue weighted by Gasteiger charge is -2.04. The maximum atomic E-state index is 14.5.